The Hall–Kier alpha value is -1.78. The number of aromatic nitrogens is 1. The Morgan fingerprint density at radius 3 is 2.63 bits per heavy atom. The van der Waals surface area contributed by atoms with E-state index in [0.717, 1.165) is 24.8 Å². The molecule has 0 saturated heterocycles. The van der Waals surface area contributed by atoms with Crippen molar-refractivity contribution in [3.05, 3.63) is 24.0 Å². The molecule has 0 unspecified atom stereocenters. The number of amides is 1. The van der Waals surface area contributed by atoms with Crippen LogP contribution in [0.15, 0.2) is 18.5 Å². The summed E-state index contributed by atoms with van der Waals surface area (Å²) in [5.41, 5.74) is 0.141. The van der Waals surface area contributed by atoms with Crippen molar-refractivity contribution in [1.29, 1.82) is 0 Å². The number of rotatable bonds is 5. The van der Waals surface area contributed by atoms with E-state index in [4.69, 9.17) is 0 Å². The zero-order chi connectivity index (χ0) is 13.7. The predicted octanol–water partition coefficient (Wildman–Crippen LogP) is 2.06. The monoisotopic (exact) mass is 264 g/mol. The molecule has 0 radical (unpaired) electrons. The lowest BCUT2D eigenvalue weighted by molar-refractivity contribution is -0.154. The molecular formula is C14H20N2O3. The summed E-state index contributed by atoms with van der Waals surface area (Å²) >= 11 is 0. The van der Waals surface area contributed by atoms with E-state index in [1.807, 2.05) is 12.3 Å². The highest BCUT2D eigenvalue weighted by Crippen LogP contribution is 2.39. The molecule has 0 spiro atoms. The number of carbonyl (C=O) groups excluding carboxylic acids is 1. The number of carbonyl (C=O) groups is 2. The highest BCUT2D eigenvalue weighted by molar-refractivity contribution is 5.85. The Bertz CT molecular complexity index is 434. The molecule has 3 N–H and O–H groups in total. The fraction of sp³-hybridized carbons (Fsp3) is 0.571. The number of hydrogen-bond donors (Lipinski definition) is 3. The fourth-order valence-electron chi connectivity index (χ4n) is 2.73. The van der Waals surface area contributed by atoms with E-state index >= 15 is 0 Å². The molecule has 1 aliphatic carbocycles. The first-order valence-electron chi connectivity index (χ1n) is 6.74. The molecule has 0 aliphatic heterocycles. The van der Waals surface area contributed by atoms with E-state index in [1.54, 1.807) is 6.20 Å². The zero-order valence-corrected chi connectivity index (χ0v) is 10.9. The van der Waals surface area contributed by atoms with Crippen molar-refractivity contribution in [2.75, 3.05) is 0 Å². The fourth-order valence-corrected chi connectivity index (χ4v) is 2.73. The number of nitrogens with one attached hydrogen (secondary N) is 2. The van der Waals surface area contributed by atoms with Crippen LogP contribution in [0.3, 0.4) is 0 Å². The Morgan fingerprint density at radius 1 is 1.32 bits per heavy atom. The molecule has 1 aromatic rings. The third-order valence-corrected chi connectivity index (χ3v) is 3.92. The van der Waals surface area contributed by atoms with Gasteiger partial charge in [0.2, 0.25) is 5.91 Å². The number of aliphatic carboxylic acids is 1. The summed E-state index contributed by atoms with van der Waals surface area (Å²) in [7, 11) is 0. The lowest BCUT2D eigenvalue weighted by Crippen LogP contribution is -2.39. The number of H-pyrrole nitrogens is 1. The molecule has 0 atom stereocenters. The molecule has 19 heavy (non-hydrogen) atoms. The van der Waals surface area contributed by atoms with E-state index in [9.17, 15) is 14.7 Å². The average molecular weight is 264 g/mol. The van der Waals surface area contributed by atoms with Crippen LogP contribution in [0.1, 0.15) is 44.1 Å². The molecule has 0 aromatic carbocycles. The summed E-state index contributed by atoms with van der Waals surface area (Å²) < 4.78 is 0. The summed E-state index contributed by atoms with van der Waals surface area (Å²) in [6.07, 6.45) is 7.79. The van der Waals surface area contributed by atoms with Gasteiger partial charge >= 0.3 is 5.97 Å². The SMILES string of the molecule is O=C(CC1(C(=O)O)CCCCC1)NCc1cc[nH]c1. The highest BCUT2D eigenvalue weighted by atomic mass is 16.4. The van der Waals surface area contributed by atoms with Crippen LogP contribution in [0.25, 0.3) is 0 Å². The molecule has 1 fully saturated rings. The average Bonchev–Trinajstić information content (AvgIpc) is 2.90. The second-order valence-electron chi connectivity index (χ2n) is 5.32. The third kappa shape index (κ3) is 3.36. The molecule has 0 bridgehead atoms. The molecule has 5 heteroatoms. The standard InChI is InChI=1S/C14H20N2O3/c17-12(16-10-11-4-7-15-9-11)8-14(13(18)19)5-2-1-3-6-14/h4,7,9,15H,1-3,5-6,8,10H2,(H,16,17)(H,18,19). The minimum Gasteiger partial charge on any atom is -0.481 e. The van der Waals surface area contributed by atoms with Gasteiger partial charge in [-0.05, 0) is 24.5 Å². The normalized spacial score (nSPS) is 17.9. The molecule has 1 amide bonds. The van der Waals surface area contributed by atoms with Gasteiger partial charge in [0.25, 0.3) is 0 Å². The Labute approximate surface area is 112 Å². The summed E-state index contributed by atoms with van der Waals surface area (Å²) in [5, 5.41) is 12.2. The van der Waals surface area contributed by atoms with Crippen LogP contribution in [0.5, 0.6) is 0 Å². The second-order valence-corrected chi connectivity index (χ2v) is 5.32. The molecular weight excluding hydrogens is 244 g/mol. The van der Waals surface area contributed by atoms with Gasteiger partial charge in [-0.1, -0.05) is 19.3 Å². The molecule has 5 nitrogen and oxygen atoms in total. The maximum Gasteiger partial charge on any atom is 0.310 e. The topological polar surface area (TPSA) is 82.2 Å². The molecule has 2 rings (SSSR count). The first-order valence-corrected chi connectivity index (χ1v) is 6.74. The summed E-state index contributed by atoms with van der Waals surface area (Å²) in [6, 6.07) is 1.88. The van der Waals surface area contributed by atoms with Gasteiger partial charge in [-0.25, -0.2) is 0 Å². The number of hydrogen-bond acceptors (Lipinski definition) is 2. The molecule has 1 aromatic heterocycles. The van der Waals surface area contributed by atoms with Crippen molar-refractivity contribution < 1.29 is 14.7 Å². The van der Waals surface area contributed by atoms with E-state index < -0.39 is 11.4 Å². The highest BCUT2D eigenvalue weighted by Gasteiger charge is 2.41. The molecule has 1 aliphatic rings. The maximum absolute atomic E-state index is 11.9. The van der Waals surface area contributed by atoms with Gasteiger partial charge < -0.3 is 15.4 Å². The van der Waals surface area contributed by atoms with Gasteiger partial charge in [-0.3, -0.25) is 9.59 Å². The Balaban J connectivity index is 1.90. The van der Waals surface area contributed by atoms with Gasteiger partial charge in [-0.2, -0.15) is 0 Å². The van der Waals surface area contributed by atoms with Gasteiger partial charge in [0.1, 0.15) is 0 Å². The largest absolute Gasteiger partial charge is 0.481 e. The summed E-state index contributed by atoms with van der Waals surface area (Å²) in [5.74, 6) is -1.01. The van der Waals surface area contributed by atoms with Crippen LogP contribution < -0.4 is 5.32 Å². The van der Waals surface area contributed by atoms with Crippen molar-refractivity contribution >= 4 is 11.9 Å². The number of carboxylic acid groups (broad SMARTS) is 1. The van der Waals surface area contributed by atoms with Gasteiger partial charge in [-0.15, -0.1) is 0 Å². The zero-order valence-electron chi connectivity index (χ0n) is 10.9. The number of carboxylic acids is 1. The molecule has 1 saturated carbocycles. The van der Waals surface area contributed by atoms with E-state index in [0.29, 0.717) is 19.4 Å². The van der Waals surface area contributed by atoms with Crippen molar-refractivity contribution in [2.45, 2.75) is 45.1 Å². The minimum atomic E-state index is -0.847. The molecule has 1 heterocycles. The van der Waals surface area contributed by atoms with E-state index in [1.165, 1.54) is 0 Å². The smallest absolute Gasteiger partial charge is 0.310 e. The van der Waals surface area contributed by atoms with Crippen LogP contribution in [-0.4, -0.2) is 22.0 Å². The Kier molecular flexibility index (Phi) is 4.24. The van der Waals surface area contributed by atoms with Gasteiger partial charge in [0, 0.05) is 25.4 Å². The van der Waals surface area contributed by atoms with Gasteiger partial charge in [0.05, 0.1) is 5.41 Å². The number of aromatic amines is 1. The van der Waals surface area contributed by atoms with Crippen molar-refractivity contribution in [2.24, 2.45) is 5.41 Å². The van der Waals surface area contributed by atoms with E-state index in [2.05, 4.69) is 10.3 Å². The first-order chi connectivity index (χ1) is 9.12. The minimum absolute atomic E-state index is 0.0900. The van der Waals surface area contributed by atoms with E-state index in [-0.39, 0.29) is 12.3 Å². The van der Waals surface area contributed by atoms with Crippen molar-refractivity contribution in [3.63, 3.8) is 0 Å². The molecule has 104 valence electrons. The van der Waals surface area contributed by atoms with Crippen LogP contribution in [0.4, 0.5) is 0 Å². The third-order valence-electron chi connectivity index (χ3n) is 3.92. The van der Waals surface area contributed by atoms with Crippen LogP contribution in [0.2, 0.25) is 0 Å². The van der Waals surface area contributed by atoms with Crippen molar-refractivity contribution in [3.8, 4) is 0 Å². The van der Waals surface area contributed by atoms with Crippen LogP contribution in [0, 0.1) is 5.41 Å². The lowest BCUT2D eigenvalue weighted by Gasteiger charge is -2.32. The van der Waals surface area contributed by atoms with Crippen molar-refractivity contribution in [1.82, 2.24) is 10.3 Å². The second kappa shape index (κ2) is 5.91. The lowest BCUT2D eigenvalue weighted by atomic mass is 9.71. The predicted molar refractivity (Wildman–Crippen MR) is 70.4 cm³/mol. The summed E-state index contributed by atoms with van der Waals surface area (Å²) in [6.45, 7) is 0.442. The maximum atomic E-state index is 11.9. The van der Waals surface area contributed by atoms with Crippen LogP contribution in [-0.2, 0) is 16.1 Å². The van der Waals surface area contributed by atoms with Crippen LogP contribution >= 0.6 is 0 Å². The Morgan fingerprint density at radius 2 is 2.05 bits per heavy atom. The summed E-state index contributed by atoms with van der Waals surface area (Å²) in [4.78, 5) is 26.3. The van der Waals surface area contributed by atoms with Gasteiger partial charge in [0.15, 0.2) is 0 Å². The first kappa shape index (κ1) is 13.6. The quantitative estimate of drug-likeness (QED) is 0.761.